The van der Waals surface area contributed by atoms with Crippen LogP contribution >= 0.6 is 11.3 Å². The Balaban J connectivity index is 2.64. The standard InChI is InChI=1S/C10H17N3O4S2/c1-6(2)4-11-8(14)5-12-19(16,17)9-7(3)13-10(15)18-9/h6,12H,4-5H2,1-3H3,(H,11,14)(H,13,15). The first-order valence-corrected chi connectivity index (χ1v) is 7.98. The number of aromatic amines is 1. The number of hydrogen-bond acceptors (Lipinski definition) is 5. The number of nitrogens with one attached hydrogen (secondary N) is 3. The smallest absolute Gasteiger partial charge is 0.305 e. The Morgan fingerprint density at radius 3 is 2.53 bits per heavy atom. The van der Waals surface area contributed by atoms with E-state index in [0.717, 1.165) is 0 Å². The zero-order valence-electron chi connectivity index (χ0n) is 10.9. The molecule has 0 spiro atoms. The van der Waals surface area contributed by atoms with Crippen LogP contribution in [0.4, 0.5) is 0 Å². The predicted molar refractivity (Wildman–Crippen MR) is 72.7 cm³/mol. The van der Waals surface area contributed by atoms with Gasteiger partial charge in [0.1, 0.15) is 0 Å². The number of rotatable bonds is 6. The molecule has 108 valence electrons. The largest absolute Gasteiger partial charge is 0.355 e. The normalized spacial score (nSPS) is 11.8. The van der Waals surface area contributed by atoms with E-state index < -0.39 is 20.8 Å². The molecule has 1 aromatic rings. The average Bonchev–Trinajstić information content (AvgIpc) is 2.64. The van der Waals surface area contributed by atoms with Crippen molar-refractivity contribution >= 4 is 27.3 Å². The Bertz CT molecular complexity index is 601. The summed E-state index contributed by atoms with van der Waals surface area (Å²) in [6.45, 7) is 5.50. The van der Waals surface area contributed by atoms with Crippen molar-refractivity contribution in [1.82, 2.24) is 15.0 Å². The van der Waals surface area contributed by atoms with Crippen LogP contribution in [0.1, 0.15) is 19.5 Å². The van der Waals surface area contributed by atoms with Gasteiger partial charge in [-0.1, -0.05) is 25.2 Å². The number of carbonyl (C=O) groups is 1. The molecule has 0 saturated heterocycles. The van der Waals surface area contributed by atoms with Crippen LogP contribution in [0.15, 0.2) is 9.00 Å². The summed E-state index contributed by atoms with van der Waals surface area (Å²) in [6, 6.07) is 0. The lowest BCUT2D eigenvalue weighted by Crippen LogP contribution is -2.38. The molecule has 1 aromatic heterocycles. The van der Waals surface area contributed by atoms with Crippen molar-refractivity contribution in [3.8, 4) is 0 Å². The molecule has 0 aliphatic rings. The van der Waals surface area contributed by atoms with Crippen molar-refractivity contribution in [2.75, 3.05) is 13.1 Å². The molecule has 0 aromatic carbocycles. The van der Waals surface area contributed by atoms with Crippen molar-refractivity contribution in [2.24, 2.45) is 5.92 Å². The number of carbonyl (C=O) groups excluding carboxylic acids is 1. The molecule has 0 aliphatic carbocycles. The molecule has 0 unspecified atom stereocenters. The summed E-state index contributed by atoms with van der Waals surface area (Å²) >= 11 is 0.598. The van der Waals surface area contributed by atoms with Gasteiger partial charge in [0.05, 0.1) is 6.54 Å². The fraction of sp³-hybridized carbons (Fsp3) is 0.600. The minimum atomic E-state index is -3.83. The summed E-state index contributed by atoms with van der Waals surface area (Å²) in [5.41, 5.74) is 0.269. The second-order valence-electron chi connectivity index (χ2n) is 4.45. The van der Waals surface area contributed by atoms with Crippen LogP contribution in [-0.4, -0.2) is 32.4 Å². The van der Waals surface area contributed by atoms with Crippen molar-refractivity contribution < 1.29 is 13.2 Å². The number of aromatic nitrogens is 1. The Kier molecular flexibility index (Phi) is 5.27. The van der Waals surface area contributed by atoms with Crippen LogP contribution in [0.25, 0.3) is 0 Å². The molecule has 7 nitrogen and oxygen atoms in total. The summed E-state index contributed by atoms with van der Waals surface area (Å²) in [4.78, 5) is 24.4. The van der Waals surface area contributed by atoms with Crippen LogP contribution in [0.2, 0.25) is 0 Å². The molecule has 9 heteroatoms. The van der Waals surface area contributed by atoms with Gasteiger partial charge in [0, 0.05) is 12.2 Å². The second kappa shape index (κ2) is 6.31. The first-order chi connectivity index (χ1) is 8.72. The molecule has 0 radical (unpaired) electrons. The summed E-state index contributed by atoms with van der Waals surface area (Å²) in [7, 11) is -3.83. The number of thiazole rings is 1. The molecule has 0 fully saturated rings. The van der Waals surface area contributed by atoms with Crippen LogP contribution in [0.5, 0.6) is 0 Å². The fourth-order valence-electron chi connectivity index (χ4n) is 1.25. The van der Waals surface area contributed by atoms with Gasteiger partial charge in [-0.25, -0.2) is 13.1 Å². The number of sulfonamides is 1. The van der Waals surface area contributed by atoms with E-state index in [1.165, 1.54) is 6.92 Å². The monoisotopic (exact) mass is 307 g/mol. The highest BCUT2D eigenvalue weighted by molar-refractivity contribution is 7.91. The third kappa shape index (κ3) is 4.77. The van der Waals surface area contributed by atoms with E-state index in [4.69, 9.17) is 0 Å². The van der Waals surface area contributed by atoms with E-state index in [1.807, 2.05) is 13.8 Å². The van der Waals surface area contributed by atoms with Gasteiger partial charge in [-0.2, -0.15) is 0 Å². The van der Waals surface area contributed by atoms with E-state index in [0.29, 0.717) is 17.9 Å². The van der Waals surface area contributed by atoms with E-state index in [-0.39, 0.29) is 22.4 Å². The summed E-state index contributed by atoms with van der Waals surface area (Å²) in [5.74, 6) is -0.115. The molecular formula is C10H17N3O4S2. The Morgan fingerprint density at radius 2 is 2.05 bits per heavy atom. The highest BCUT2D eigenvalue weighted by Gasteiger charge is 2.21. The van der Waals surface area contributed by atoms with Gasteiger partial charge < -0.3 is 10.3 Å². The zero-order valence-corrected chi connectivity index (χ0v) is 12.6. The van der Waals surface area contributed by atoms with Crippen molar-refractivity contribution in [2.45, 2.75) is 25.0 Å². The maximum atomic E-state index is 11.9. The quantitative estimate of drug-likeness (QED) is 0.676. The Hall–Kier alpha value is -1.19. The SMILES string of the molecule is Cc1[nH]c(=O)sc1S(=O)(=O)NCC(=O)NCC(C)C. The highest BCUT2D eigenvalue weighted by Crippen LogP contribution is 2.14. The lowest BCUT2D eigenvalue weighted by Gasteiger charge is -2.08. The van der Waals surface area contributed by atoms with Crippen LogP contribution in [0, 0.1) is 12.8 Å². The van der Waals surface area contributed by atoms with E-state index in [1.54, 1.807) is 0 Å². The highest BCUT2D eigenvalue weighted by atomic mass is 32.2. The molecule has 0 aliphatic heterocycles. The zero-order chi connectivity index (χ0) is 14.6. The lowest BCUT2D eigenvalue weighted by molar-refractivity contribution is -0.120. The third-order valence-corrected chi connectivity index (χ3v) is 5.16. The first kappa shape index (κ1) is 15.9. The first-order valence-electron chi connectivity index (χ1n) is 5.68. The van der Waals surface area contributed by atoms with E-state index in [9.17, 15) is 18.0 Å². The number of amides is 1. The van der Waals surface area contributed by atoms with Gasteiger partial charge in [0.15, 0.2) is 4.21 Å². The molecule has 1 rings (SSSR count). The third-order valence-electron chi connectivity index (χ3n) is 2.16. The summed E-state index contributed by atoms with van der Waals surface area (Å²) in [6.07, 6.45) is 0. The maximum absolute atomic E-state index is 11.9. The van der Waals surface area contributed by atoms with Gasteiger partial charge in [-0.3, -0.25) is 9.59 Å². The molecule has 1 heterocycles. The van der Waals surface area contributed by atoms with Gasteiger partial charge in [-0.15, -0.1) is 0 Å². The molecule has 0 saturated carbocycles. The van der Waals surface area contributed by atoms with Crippen LogP contribution < -0.4 is 14.9 Å². The Morgan fingerprint density at radius 1 is 1.42 bits per heavy atom. The van der Waals surface area contributed by atoms with Gasteiger partial charge in [0.25, 0.3) is 10.0 Å². The fourth-order valence-corrected chi connectivity index (χ4v) is 3.58. The minimum absolute atomic E-state index is 0.0887. The maximum Gasteiger partial charge on any atom is 0.305 e. The second-order valence-corrected chi connectivity index (χ2v) is 7.39. The van der Waals surface area contributed by atoms with Gasteiger partial charge in [-0.05, 0) is 12.8 Å². The van der Waals surface area contributed by atoms with Gasteiger partial charge in [0.2, 0.25) is 5.91 Å². The predicted octanol–water partition coefficient (Wildman–Crippen LogP) is -0.205. The number of H-pyrrole nitrogens is 1. The molecular weight excluding hydrogens is 290 g/mol. The summed E-state index contributed by atoms with van der Waals surface area (Å²) < 4.78 is 25.8. The van der Waals surface area contributed by atoms with Crippen molar-refractivity contribution in [3.63, 3.8) is 0 Å². The van der Waals surface area contributed by atoms with E-state index in [2.05, 4.69) is 15.0 Å². The number of hydrogen-bond donors (Lipinski definition) is 3. The average molecular weight is 307 g/mol. The van der Waals surface area contributed by atoms with Crippen LogP contribution in [-0.2, 0) is 14.8 Å². The van der Waals surface area contributed by atoms with Crippen molar-refractivity contribution in [3.05, 3.63) is 15.4 Å². The molecule has 19 heavy (non-hydrogen) atoms. The molecule has 0 atom stereocenters. The van der Waals surface area contributed by atoms with Gasteiger partial charge >= 0.3 is 4.87 Å². The lowest BCUT2D eigenvalue weighted by atomic mass is 10.2. The molecule has 1 amide bonds. The molecule has 3 N–H and O–H groups in total. The van der Waals surface area contributed by atoms with E-state index >= 15 is 0 Å². The van der Waals surface area contributed by atoms with Crippen LogP contribution in [0.3, 0.4) is 0 Å². The minimum Gasteiger partial charge on any atom is -0.355 e. The Labute approximate surface area is 115 Å². The number of aryl methyl sites for hydroxylation is 1. The summed E-state index contributed by atoms with van der Waals surface area (Å²) in [5, 5.41) is 2.59. The molecule has 0 bridgehead atoms. The topological polar surface area (TPSA) is 108 Å². The van der Waals surface area contributed by atoms with Crippen molar-refractivity contribution in [1.29, 1.82) is 0 Å².